The van der Waals surface area contributed by atoms with Crippen LogP contribution in [-0.2, 0) is 0 Å². The highest BCUT2D eigenvalue weighted by Crippen LogP contribution is 2.29. The lowest BCUT2D eigenvalue weighted by molar-refractivity contribution is 0.318. The summed E-state index contributed by atoms with van der Waals surface area (Å²) in [5, 5.41) is 12.4. The van der Waals surface area contributed by atoms with Gasteiger partial charge in [0.1, 0.15) is 11.9 Å². The number of rotatable bonds is 2. The Morgan fingerprint density at radius 2 is 2.28 bits per heavy atom. The van der Waals surface area contributed by atoms with Crippen molar-refractivity contribution in [2.24, 2.45) is 0 Å². The molecule has 2 atom stereocenters. The van der Waals surface area contributed by atoms with E-state index in [2.05, 4.69) is 15.2 Å². The Balaban J connectivity index is 1.75. The second kappa shape index (κ2) is 4.46. The average Bonchev–Trinajstić information content (AvgIpc) is 2.96. The van der Waals surface area contributed by atoms with Gasteiger partial charge in [0, 0.05) is 18.6 Å². The third kappa shape index (κ3) is 1.89. The molecule has 2 unspecified atom stereocenters. The van der Waals surface area contributed by atoms with Crippen molar-refractivity contribution in [1.82, 2.24) is 9.88 Å². The molecule has 1 aromatic heterocycles. The Kier molecular flexibility index (Phi) is 2.80. The van der Waals surface area contributed by atoms with E-state index in [0.717, 1.165) is 12.2 Å². The van der Waals surface area contributed by atoms with Gasteiger partial charge in [0.05, 0.1) is 5.69 Å². The van der Waals surface area contributed by atoms with Crippen LogP contribution in [0.15, 0.2) is 12.1 Å². The Bertz CT molecular complexity index is 493. The third-order valence-corrected chi connectivity index (χ3v) is 3.97. The molecule has 0 bridgehead atoms. The first-order valence-corrected chi connectivity index (χ1v) is 6.45. The molecule has 18 heavy (non-hydrogen) atoms. The molecule has 0 amide bonds. The number of nitrogen functional groups attached to an aromatic ring is 1. The Labute approximate surface area is 107 Å². The molecule has 0 aliphatic carbocycles. The van der Waals surface area contributed by atoms with Crippen LogP contribution < -0.4 is 11.1 Å². The fourth-order valence-corrected chi connectivity index (χ4v) is 3.08. The van der Waals surface area contributed by atoms with Crippen LogP contribution in [0.1, 0.15) is 25.0 Å². The van der Waals surface area contributed by atoms with Gasteiger partial charge in [-0.2, -0.15) is 5.26 Å². The summed E-state index contributed by atoms with van der Waals surface area (Å²) in [7, 11) is 0. The quantitative estimate of drug-likeness (QED) is 0.815. The molecule has 2 aliphatic heterocycles. The predicted octanol–water partition coefficient (Wildman–Crippen LogP) is 1.18. The number of nitrogens with zero attached hydrogens (tertiary/aromatic N) is 3. The van der Waals surface area contributed by atoms with Gasteiger partial charge < -0.3 is 11.1 Å². The van der Waals surface area contributed by atoms with Crippen molar-refractivity contribution >= 4 is 11.5 Å². The first kappa shape index (κ1) is 11.3. The number of anilines is 2. The summed E-state index contributed by atoms with van der Waals surface area (Å²) >= 11 is 0. The maximum Gasteiger partial charge on any atom is 0.165 e. The zero-order chi connectivity index (χ0) is 12.5. The van der Waals surface area contributed by atoms with Gasteiger partial charge in [0.2, 0.25) is 0 Å². The Hall–Kier alpha value is -1.80. The molecule has 0 spiro atoms. The maximum atomic E-state index is 8.93. The number of pyridine rings is 1. The molecule has 0 radical (unpaired) electrons. The summed E-state index contributed by atoms with van der Waals surface area (Å²) < 4.78 is 0. The molecule has 0 saturated carbocycles. The second-order valence-electron chi connectivity index (χ2n) is 5.03. The standard InChI is InChI=1S/C13H17N5/c14-8-11-9(15)3-4-13(17-11)16-10-5-7-18-6-1-2-12(10)18/h3-4,10,12H,1-2,5-7,15H2,(H,16,17). The van der Waals surface area contributed by atoms with Gasteiger partial charge in [-0.15, -0.1) is 0 Å². The summed E-state index contributed by atoms with van der Waals surface area (Å²) in [5.74, 6) is 0.763. The second-order valence-corrected chi connectivity index (χ2v) is 5.03. The number of nitrogens with two attached hydrogens (primary N) is 1. The summed E-state index contributed by atoms with van der Waals surface area (Å²) in [6, 6.07) is 6.71. The van der Waals surface area contributed by atoms with Crippen LogP contribution in [0, 0.1) is 11.3 Å². The van der Waals surface area contributed by atoms with Crippen LogP contribution in [0.3, 0.4) is 0 Å². The molecule has 5 heteroatoms. The van der Waals surface area contributed by atoms with E-state index in [4.69, 9.17) is 11.0 Å². The van der Waals surface area contributed by atoms with Crippen molar-refractivity contribution in [3.63, 3.8) is 0 Å². The minimum atomic E-state index is 0.307. The van der Waals surface area contributed by atoms with Gasteiger partial charge in [0.25, 0.3) is 0 Å². The van der Waals surface area contributed by atoms with Gasteiger partial charge >= 0.3 is 0 Å². The van der Waals surface area contributed by atoms with Crippen molar-refractivity contribution in [1.29, 1.82) is 5.26 Å². The van der Waals surface area contributed by atoms with Crippen molar-refractivity contribution in [2.75, 3.05) is 24.1 Å². The highest BCUT2D eigenvalue weighted by molar-refractivity contribution is 5.54. The number of fused-ring (bicyclic) bond motifs is 1. The topological polar surface area (TPSA) is 78.0 Å². The van der Waals surface area contributed by atoms with E-state index in [-0.39, 0.29) is 0 Å². The molecule has 3 N–H and O–H groups in total. The SMILES string of the molecule is N#Cc1nc(NC2CCN3CCCC23)ccc1N. The lowest BCUT2D eigenvalue weighted by Gasteiger charge is -2.21. The zero-order valence-corrected chi connectivity index (χ0v) is 10.3. The Morgan fingerprint density at radius 3 is 3.11 bits per heavy atom. The van der Waals surface area contributed by atoms with E-state index in [1.54, 1.807) is 6.07 Å². The smallest absolute Gasteiger partial charge is 0.165 e. The zero-order valence-electron chi connectivity index (χ0n) is 10.3. The molecular formula is C13H17N5. The third-order valence-electron chi connectivity index (χ3n) is 3.97. The molecule has 2 saturated heterocycles. The van der Waals surface area contributed by atoms with E-state index in [0.29, 0.717) is 23.5 Å². The lowest BCUT2D eigenvalue weighted by atomic mass is 10.1. The normalized spacial score (nSPS) is 26.8. The van der Waals surface area contributed by atoms with Crippen LogP contribution in [0.5, 0.6) is 0 Å². The summed E-state index contributed by atoms with van der Waals surface area (Å²) in [4.78, 5) is 6.79. The van der Waals surface area contributed by atoms with E-state index in [1.165, 1.54) is 25.9 Å². The van der Waals surface area contributed by atoms with E-state index in [9.17, 15) is 0 Å². The van der Waals surface area contributed by atoms with E-state index in [1.807, 2.05) is 12.1 Å². The lowest BCUT2D eigenvalue weighted by Crippen LogP contribution is -2.34. The van der Waals surface area contributed by atoms with Crippen LogP contribution >= 0.6 is 0 Å². The van der Waals surface area contributed by atoms with Crippen LogP contribution in [0.4, 0.5) is 11.5 Å². The fourth-order valence-electron chi connectivity index (χ4n) is 3.08. The number of nitrogens with one attached hydrogen (secondary N) is 1. The average molecular weight is 243 g/mol. The number of nitriles is 1. The monoisotopic (exact) mass is 243 g/mol. The number of hydrogen-bond acceptors (Lipinski definition) is 5. The highest BCUT2D eigenvalue weighted by atomic mass is 15.2. The minimum Gasteiger partial charge on any atom is -0.396 e. The van der Waals surface area contributed by atoms with E-state index < -0.39 is 0 Å². The summed E-state index contributed by atoms with van der Waals surface area (Å²) in [5.41, 5.74) is 6.42. The van der Waals surface area contributed by atoms with Crippen molar-refractivity contribution < 1.29 is 0 Å². The summed E-state index contributed by atoms with van der Waals surface area (Å²) in [6.07, 6.45) is 3.71. The van der Waals surface area contributed by atoms with Crippen molar-refractivity contribution in [3.05, 3.63) is 17.8 Å². The van der Waals surface area contributed by atoms with Crippen molar-refractivity contribution in [3.8, 4) is 6.07 Å². The van der Waals surface area contributed by atoms with Gasteiger partial charge in [-0.25, -0.2) is 4.98 Å². The first-order chi connectivity index (χ1) is 8.78. The molecule has 1 aromatic rings. The first-order valence-electron chi connectivity index (χ1n) is 6.45. The number of aromatic nitrogens is 1. The Morgan fingerprint density at radius 1 is 1.39 bits per heavy atom. The molecule has 2 fully saturated rings. The van der Waals surface area contributed by atoms with Crippen LogP contribution in [0.25, 0.3) is 0 Å². The van der Waals surface area contributed by atoms with Crippen molar-refractivity contribution in [2.45, 2.75) is 31.3 Å². The van der Waals surface area contributed by atoms with Gasteiger partial charge in [0.15, 0.2) is 5.69 Å². The van der Waals surface area contributed by atoms with Gasteiger partial charge in [-0.05, 0) is 37.9 Å². The van der Waals surface area contributed by atoms with Crippen LogP contribution in [0.2, 0.25) is 0 Å². The molecule has 94 valence electrons. The molecule has 5 nitrogen and oxygen atoms in total. The largest absolute Gasteiger partial charge is 0.396 e. The van der Waals surface area contributed by atoms with E-state index >= 15 is 0 Å². The molecule has 0 aromatic carbocycles. The highest BCUT2D eigenvalue weighted by Gasteiger charge is 2.37. The molecule has 2 aliphatic rings. The summed E-state index contributed by atoms with van der Waals surface area (Å²) in [6.45, 7) is 2.39. The molecule has 3 heterocycles. The number of hydrogen-bond donors (Lipinski definition) is 2. The molecular weight excluding hydrogens is 226 g/mol. The van der Waals surface area contributed by atoms with Gasteiger partial charge in [-0.1, -0.05) is 0 Å². The minimum absolute atomic E-state index is 0.307. The maximum absolute atomic E-state index is 8.93. The molecule has 3 rings (SSSR count). The van der Waals surface area contributed by atoms with Crippen LogP contribution in [-0.4, -0.2) is 35.1 Å². The van der Waals surface area contributed by atoms with Gasteiger partial charge in [-0.3, -0.25) is 4.90 Å². The fraction of sp³-hybridized carbons (Fsp3) is 0.538. The predicted molar refractivity (Wildman–Crippen MR) is 70.0 cm³/mol.